The number of methoxy groups -OCH3 is 1. The fourth-order valence-electron chi connectivity index (χ4n) is 2.38. The molecule has 0 aliphatic heterocycles. The van der Waals surface area contributed by atoms with Crippen molar-refractivity contribution in [1.82, 2.24) is 10.3 Å². The van der Waals surface area contributed by atoms with Crippen LogP contribution in [0.2, 0.25) is 0 Å². The quantitative estimate of drug-likeness (QED) is 0.698. The second-order valence-electron chi connectivity index (χ2n) is 5.59. The minimum absolute atomic E-state index is 0.0491. The normalized spacial score (nSPS) is 11.0. The van der Waals surface area contributed by atoms with Crippen molar-refractivity contribution in [2.45, 2.75) is 12.6 Å². The van der Waals surface area contributed by atoms with E-state index in [4.69, 9.17) is 9.84 Å². The maximum Gasteiger partial charge on any atom is 0.416 e. The molecule has 2 rings (SSSR count). The third-order valence-corrected chi connectivity index (χ3v) is 3.74. The average Bonchev–Trinajstić information content (AvgIpc) is 2.65. The summed E-state index contributed by atoms with van der Waals surface area (Å²) in [4.78, 5) is 37.6. The summed E-state index contributed by atoms with van der Waals surface area (Å²) in [5, 5.41) is 10.9. The highest BCUT2D eigenvalue weighted by molar-refractivity contribution is 5.94. The van der Waals surface area contributed by atoms with Gasteiger partial charge in [-0.1, -0.05) is 6.07 Å². The first kappa shape index (κ1) is 20.9. The Morgan fingerprint density at radius 2 is 2.00 bits per heavy atom. The van der Waals surface area contributed by atoms with Crippen LogP contribution in [0.15, 0.2) is 30.5 Å². The molecular formula is C18H15F3N2O5. The SMILES string of the molecule is COc1cc(C(F)(F)F)cc(-c2ccc(C(=O)NCCC(=O)O)nc2)c1C=O. The first-order valence-electron chi connectivity index (χ1n) is 7.88. The Morgan fingerprint density at radius 1 is 1.29 bits per heavy atom. The highest BCUT2D eigenvalue weighted by Crippen LogP contribution is 2.38. The lowest BCUT2D eigenvalue weighted by Gasteiger charge is -2.15. The number of benzene rings is 1. The maximum atomic E-state index is 13.1. The van der Waals surface area contributed by atoms with Gasteiger partial charge in [-0.3, -0.25) is 19.4 Å². The number of carbonyl (C=O) groups excluding carboxylic acids is 2. The van der Waals surface area contributed by atoms with Gasteiger partial charge in [-0.15, -0.1) is 0 Å². The number of aldehydes is 1. The number of ether oxygens (including phenoxy) is 1. The largest absolute Gasteiger partial charge is 0.496 e. The van der Waals surface area contributed by atoms with Crippen molar-refractivity contribution in [2.24, 2.45) is 0 Å². The number of nitrogens with one attached hydrogen (secondary N) is 1. The van der Waals surface area contributed by atoms with Crippen LogP contribution in [0.1, 0.15) is 32.8 Å². The van der Waals surface area contributed by atoms with Gasteiger partial charge in [0.15, 0.2) is 6.29 Å². The molecular weight excluding hydrogens is 381 g/mol. The summed E-state index contributed by atoms with van der Waals surface area (Å²) in [5.41, 5.74) is -1.02. The van der Waals surface area contributed by atoms with Crippen LogP contribution in [0.25, 0.3) is 11.1 Å². The van der Waals surface area contributed by atoms with E-state index in [1.807, 2.05) is 0 Å². The zero-order chi connectivity index (χ0) is 20.9. The van der Waals surface area contributed by atoms with Gasteiger partial charge in [0.2, 0.25) is 0 Å². The number of aromatic nitrogens is 1. The zero-order valence-electron chi connectivity index (χ0n) is 14.5. The van der Waals surface area contributed by atoms with Crippen molar-refractivity contribution in [3.8, 4) is 16.9 Å². The Labute approximate surface area is 157 Å². The fraction of sp³-hybridized carbons (Fsp3) is 0.222. The molecule has 0 unspecified atom stereocenters. The number of carboxylic acid groups (broad SMARTS) is 1. The molecule has 28 heavy (non-hydrogen) atoms. The third-order valence-electron chi connectivity index (χ3n) is 3.74. The molecule has 1 heterocycles. The first-order chi connectivity index (χ1) is 13.2. The van der Waals surface area contributed by atoms with Crippen molar-refractivity contribution >= 4 is 18.2 Å². The lowest BCUT2D eigenvalue weighted by atomic mass is 9.97. The molecule has 0 spiro atoms. The van der Waals surface area contributed by atoms with Gasteiger partial charge in [0.25, 0.3) is 5.91 Å². The van der Waals surface area contributed by atoms with Crippen LogP contribution >= 0.6 is 0 Å². The smallest absolute Gasteiger partial charge is 0.416 e. The Kier molecular flexibility index (Phi) is 6.34. The average molecular weight is 396 g/mol. The minimum Gasteiger partial charge on any atom is -0.496 e. The topological polar surface area (TPSA) is 106 Å². The highest BCUT2D eigenvalue weighted by atomic mass is 19.4. The molecule has 2 aromatic rings. The number of rotatable bonds is 7. The molecule has 1 aromatic carbocycles. The lowest BCUT2D eigenvalue weighted by Crippen LogP contribution is -2.26. The number of carbonyl (C=O) groups is 3. The van der Waals surface area contributed by atoms with Gasteiger partial charge in [0.1, 0.15) is 11.4 Å². The number of alkyl halides is 3. The molecule has 0 fully saturated rings. The van der Waals surface area contributed by atoms with E-state index in [1.165, 1.54) is 12.1 Å². The molecule has 148 valence electrons. The number of pyridine rings is 1. The number of aliphatic carboxylic acids is 1. The third kappa shape index (κ3) is 4.84. The van der Waals surface area contributed by atoms with Crippen LogP contribution in [-0.2, 0) is 11.0 Å². The zero-order valence-corrected chi connectivity index (χ0v) is 14.5. The Morgan fingerprint density at radius 3 is 2.50 bits per heavy atom. The molecule has 1 aromatic heterocycles. The van der Waals surface area contributed by atoms with E-state index >= 15 is 0 Å². The standard InChI is InChI=1S/C18H15F3N2O5/c1-28-15-7-11(18(19,20)21)6-12(13(15)9-24)10-2-3-14(23-8-10)17(27)22-5-4-16(25)26/h2-3,6-9H,4-5H2,1H3,(H,22,27)(H,25,26). The number of amides is 1. The first-order valence-corrected chi connectivity index (χ1v) is 7.88. The van der Waals surface area contributed by atoms with E-state index in [2.05, 4.69) is 10.3 Å². The second kappa shape index (κ2) is 8.51. The van der Waals surface area contributed by atoms with Gasteiger partial charge < -0.3 is 15.2 Å². The fourth-order valence-corrected chi connectivity index (χ4v) is 2.38. The van der Waals surface area contributed by atoms with Crippen molar-refractivity contribution in [2.75, 3.05) is 13.7 Å². The molecule has 0 atom stereocenters. The van der Waals surface area contributed by atoms with E-state index in [1.54, 1.807) is 0 Å². The van der Waals surface area contributed by atoms with E-state index < -0.39 is 23.6 Å². The van der Waals surface area contributed by atoms with Gasteiger partial charge in [0, 0.05) is 18.3 Å². The molecule has 0 aliphatic carbocycles. The summed E-state index contributed by atoms with van der Waals surface area (Å²) in [5.74, 6) is -1.95. The van der Waals surface area contributed by atoms with Crippen LogP contribution in [-0.4, -0.2) is 41.9 Å². The van der Waals surface area contributed by atoms with Gasteiger partial charge in [-0.25, -0.2) is 0 Å². The summed E-state index contributed by atoms with van der Waals surface area (Å²) in [6, 6.07) is 4.12. The van der Waals surface area contributed by atoms with Crippen LogP contribution in [0.5, 0.6) is 5.75 Å². The predicted octanol–water partition coefficient (Wildman–Crippen LogP) is 2.79. The predicted molar refractivity (Wildman–Crippen MR) is 91.2 cm³/mol. The van der Waals surface area contributed by atoms with Crippen molar-refractivity contribution in [3.05, 3.63) is 47.3 Å². The van der Waals surface area contributed by atoms with Crippen molar-refractivity contribution in [3.63, 3.8) is 0 Å². The van der Waals surface area contributed by atoms with Crippen LogP contribution in [0.4, 0.5) is 13.2 Å². The summed E-state index contributed by atoms with van der Waals surface area (Å²) in [6.07, 6.45) is -3.40. The molecule has 0 saturated carbocycles. The van der Waals surface area contributed by atoms with E-state index in [-0.39, 0.29) is 41.1 Å². The maximum absolute atomic E-state index is 13.1. The minimum atomic E-state index is -4.65. The Hall–Kier alpha value is -3.43. The Balaban J connectivity index is 2.38. The van der Waals surface area contributed by atoms with E-state index in [0.29, 0.717) is 6.29 Å². The molecule has 1 amide bonds. The van der Waals surface area contributed by atoms with Gasteiger partial charge in [-0.05, 0) is 23.8 Å². The molecule has 10 heteroatoms. The van der Waals surface area contributed by atoms with E-state index in [9.17, 15) is 27.6 Å². The number of nitrogens with zero attached hydrogens (tertiary/aromatic N) is 1. The molecule has 7 nitrogen and oxygen atoms in total. The number of hydrogen-bond acceptors (Lipinski definition) is 5. The molecule has 0 bridgehead atoms. The second-order valence-corrected chi connectivity index (χ2v) is 5.59. The summed E-state index contributed by atoms with van der Waals surface area (Å²) in [7, 11) is 1.15. The van der Waals surface area contributed by atoms with Crippen LogP contribution < -0.4 is 10.1 Å². The van der Waals surface area contributed by atoms with Gasteiger partial charge in [0.05, 0.1) is 24.7 Å². The number of carboxylic acids is 1. The monoisotopic (exact) mass is 396 g/mol. The van der Waals surface area contributed by atoms with Crippen LogP contribution in [0, 0.1) is 0 Å². The van der Waals surface area contributed by atoms with Crippen molar-refractivity contribution < 1.29 is 37.4 Å². The van der Waals surface area contributed by atoms with Crippen LogP contribution in [0.3, 0.4) is 0 Å². The lowest BCUT2D eigenvalue weighted by molar-refractivity contribution is -0.138. The van der Waals surface area contributed by atoms with Crippen molar-refractivity contribution in [1.29, 1.82) is 0 Å². The Bertz CT molecular complexity index is 895. The highest BCUT2D eigenvalue weighted by Gasteiger charge is 2.32. The number of halogens is 3. The summed E-state index contributed by atoms with van der Waals surface area (Å²) >= 11 is 0. The van der Waals surface area contributed by atoms with E-state index in [0.717, 1.165) is 25.4 Å². The molecule has 0 radical (unpaired) electrons. The van der Waals surface area contributed by atoms with Gasteiger partial charge in [-0.2, -0.15) is 13.2 Å². The molecule has 2 N–H and O–H groups in total. The molecule has 0 saturated heterocycles. The summed E-state index contributed by atoms with van der Waals surface area (Å²) in [6.45, 7) is -0.0995. The summed E-state index contributed by atoms with van der Waals surface area (Å²) < 4.78 is 44.3. The number of hydrogen-bond donors (Lipinski definition) is 2. The molecule has 0 aliphatic rings. The van der Waals surface area contributed by atoms with Gasteiger partial charge >= 0.3 is 12.1 Å².